The van der Waals surface area contributed by atoms with Crippen LogP contribution in [0.3, 0.4) is 0 Å². The lowest BCUT2D eigenvalue weighted by atomic mass is 10.0. The Morgan fingerprint density at radius 2 is 1.93 bits per heavy atom. The summed E-state index contributed by atoms with van der Waals surface area (Å²) in [6, 6.07) is 3.81. The Morgan fingerprint density at radius 3 is 2.53 bits per heavy atom. The molecule has 0 aromatic heterocycles. The monoisotopic (exact) mass is 453 g/mol. The third-order valence-corrected chi connectivity index (χ3v) is 6.93. The second-order valence-electron chi connectivity index (χ2n) is 6.61. The van der Waals surface area contributed by atoms with E-state index in [2.05, 4.69) is 5.32 Å². The Morgan fingerprint density at radius 1 is 1.27 bits per heavy atom. The average molecular weight is 453 g/mol. The first-order valence-electron chi connectivity index (χ1n) is 8.75. The summed E-state index contributed by atoms with van der Waals surface area (Å²) in [5.41, 5.74) is 6.69. The SMILES string of the molecule is NC(C(=O)N[C@@H]1C(=O)N2C(C(=O)O)=C(CSCC(=O)O)CS[C@@H]12)c1ccc(O)cc1. The highest BCUT2D eigenvalue weighted by Gasteiger charge is 2.54. The van der Waals surface area contributed by atoms with E-state index >= 15 is 0 Å². The maximum atomic E-state index is 12.6. The quantitative estimate of drug-likeness (QED) is 0.336. The molecule has 0 bridgehead atoms. The van der Waals surface area contributed by atoms with Gasteiger partial charge in [-0.25, -0.2) is 4.79 Å². The van der Waals surface area contributed by atoms with Gasteiger partial charge in [-0.15, -0.1) is 23.5 Å². The standard InChI is InChI=1S/C18H19N3O7S2/c19-12(8-1-3-10(22)4-2-8)15(25)20-13-16(26)21-14(18(27)28)9(6-30-17(13)21)5-29-7-11(23)24/h1-4,12-13,17,22H,5-7,19H2,(H,20,25)(H,23,24)(H,27,28)/t12?,13-,17+/m1/s1. The van der Waals surface area contributed by atoms with Gasteiger partial charge in [-0.3, -0.25) is 19.3 Å². The summed E-state index contributed by atoms with van der Waals surface area (Å²) in [4.78, 5) is 48.6. The molecule has 1 saturated heterocycles. The third-order valence-electron chi connectivity index (χ3n) is 4.58. The lowest BCUT2D eigenvalue weighted by molar-refractivity contribution is -0.150. The molecule has 1 aromatic carbocycles. The predicted octanol–water partition coefficient (Wildman–Crippen LogP) is -0.0516. The first-order valence-corrected chi connectivity index (χ1v) is 11.0. The number of hydrogen-bond donors (Lipinski definition) is 5. The van der Waals surface area contributed by atoms with Crippen LogP contribution in [0.2, 0.25) is 0 Å². The number of phenols is 1. The highest BCUT2D eigenvalue weighted by Crippen LogP contribution is 2.41. The van der Waals surface area contributed by atoms with Gasteiger partial charge in [0.05, 0.1) is 5.75 Å². The van der Waals surface area contributed by atoms with E-state index in [1.807, 2.05) is 0 Å². The molecule has 3 rings (SSSR count). The Labute approximate surface area is 179 Å². The summed E-state index contributed by atoms with van der Waals surface area (Å²) in [5, 5.41) is 29.6. The van der Waals surface area contributed by atoms with Crippen molar-refractivity contribution in [3.8, 4) is 5.75 Å². The maximum absolute atomic E-state index is 12.6. The number of nitrogens with one attached hydrogen (secondary N) is 1. The summed E-state index contributed by atoms with van der Waals surface area (Å²) in [5.74, 6) is -3.10. The van der Waals surface area contributed by atoms with Crippen LogP contribution in [0, 0.1) is 0 Å². The molecule has 6 N–H and O–H groups in total. The molecule has 12 heteroatoms. The third kappa shape index (κ3) is 4.40. The number of carbonyl (C=O) groups is 4. The van der Waals surface area contributed by atoms with Crippen LogP contribution in [0.5, 0.6) is 5.75 Å². The molecular formula is C18H19N3O7S2. The molecule has 2 aliphatic heterocycles. The fourth-order valence-electron chi connectivity index (χ4n) is 3.13. The van der Waals surface area contributed by atoms with Gasteiger partial charge in [0.15, 0.2) is 0 Å². The van der Waals surface area contributed by atoms with Crippen LogP contribution in [0.15, 0.2) is 35.5 Å². The molecule has 0 radical (unpaired) electrons. The van der Waals surface area contributed by atoms with Crippen LogP contribution in [0.1, 0.15) is 11.6 Å². The van der Waals surface area contributed by atoms with Crippen molar-refractivity contribution in [3.63, 3.8) is 0 Å². The Bertz CT molecular complexity index is 919. The summed E-state index contributed by atoms with van der Waals surface area (Å²) < 4.78 is 0. The molecule has 2 amide bonds. The molecule has 10 nitrogen and oxygen atoms in total. The Balaban J connectivity index is 1.69. The molecule has 0 saturated carbocycles. The largest absolute Gasteiger partial charge is 0.508 e. The number of amides is 2. The van der Waals surface area contributed by atoms with E-state index in [0.717, 1.165) is 16.7 Å². The second-order valence-corrected chi connectivity index (χ2v) is 8.70. The molecule has 1 unspecified atom stereocenters. The number of carboxylic acids is 2. The van der Waals surface area contributed by atoms with Crippen LogP contribution in [-0.2, 0) is 19.2 Å². The number of aromatic hydroxyl groups is 1. The van der Waals surface area contributed by atoms with E-state index in [1.165, 1.54) is 36.0 Å². The number of β-lactam (4-membered cyclic amide) rings is 1. The first kappa shape index (κ1) is 22.0. The van der Waals surface area contributed by atoms with Gasteiger partial charge >= 0.3 is 11.9 Å². The molecule has 1 fully saturated rings. The number of nitrogens with two attached hydrogens (primary N) is 1. The predicted molar refractivity (Wildman–Crippen MR) is 110 cm³/mol. The zero-order chi connectivity index (χ0) is 22.0. The molecule has 2 heterocycles. The highest BCUT2D eigenvalue weighted by atomic mass is 32.2. The van der Waals surface area contributed by atoms with E-state index < -0.39 is 41.2 Å². The Kier molecular flexibility index (Phi) is 6.58. The summed E-state index contributed by atoms with van der Waals surface area (Å²) in [6.45, 7) is 0. The number of carboxylic acid groups (broad SMARTS) is 2. The van der Waals surface area contributed by atoms with Crippen molar-refractivity contribution >= 4 is 47.3 Å². The van der Waals surface area contributed by atoms with Crippen molar-refractivity contribution in [3.05, 3.63) is 41.1 Å². The topological polar surface area (TPSA) is 170 Å². The van der Waals surface area contributed by atoms with Crippen molar-refractivity contribution in [2.45, 2.75) is 17.5 Å². The van der Waals surface area contributed by atoms with Crippen molar-refractivity contribution < 1.29 is 34.5 Å². The number of hydrogen-bond acceptors (Lipinski definition) is 8. The van der Waals surface area contributed by atoms with Gasteiger partial charge in [-0.05, 0) is 23.3 Å². The second kappa shape index (κ2) is 8.98. The summed E-state index contributed by atoms with van der Waals surface area (Å²) in [6.07, 6.45) is 0. The number of phenolic OH excluding ortho intramolecular Hbond substituents is 1. The molecule has 0 aliphatic carbocycles. The van der Waals surface area contributed by atoms with E-state index in [4.69, 9.17) is 10.8 Å². The summed E-state index contributed by atoms with van der Waals surface area (Å²) in [7, 11) is 0. The van der Waals surface area contributed by atoms with Gasteiger partial charge in [-0.1, -0.05) is 12.1 Å². The smallest absolute Gasteiger partial charge is 0.352 e. The van der Waals surface area contributed by atoms with Gasteiger partial charge in [-0.2, -0.15) is 0 Å². The molecule has 30 heavy (non-hydrogen) atoms. The fourth-order valence-corrected chi connectivity index (χ4v) is 5.37. The minimum atomic E-state index is -1.27. The van der Waals surface area contributed by atoms with Crippen LogP contribution in [0.4, 0.5) is 0 Å². The highest BCUT2D eigenvalue weighted by molar-refractivity contribution is 8.01. The molecule has 160 valence electrons. The average Bonchev–Trinajstić information content (AvgIpc) is 2.70. The van der Waals surface area contributed by atoms with Crippen molar-refractivity contribution in [1.29, 1.82) is 0 Å². The van der Waals surface area contributed by atoms with Crippen LogP contribution >= 0.6 is 23.5 Å². The number of nitrogens with zero attached hydrogens (tertiary/aromatic N) is 1. The van der Waals surface area contributed by atoms with Gasteiger partial charge in [0.2, 0.25) is 5.91 Å². The van der Waals surface area contributed by atoms with Crippen molar-refractivity contribution in [2.24, 2.45) is 5.73 Å². The minimum Gasteiger partial charge on any atom is -0.508 e. The lowest BCUT2D eigenvalue weighted by Crippen LogP contribution is -2.71. The van der Waals surface area contributed by atoms with Gasteiger partial charge < -0.3 is 26.4 Å². The number of thioether (sulfide) groups is 2. The number of rotatable bonds is 8. The normalized spacial score (nSPS) is 21.5. The molecule has 2 aliphatic rings. The van der Waals surface area contributed by atoms with Gasteiger partial charge in [0.1, 0.15) is 28.9 Å². The first-order chi connectivity index (χ1) is 14.2. The zero-order valence-electron chi connectivity index (χ0n) is 15.5. The van der Waals surface area contributed by atoms with Gasteiger partial charge in [0, 0.05) is 11.5 Å². The minimum absolute atomic E-state index is 0.0279. The molecule has 1 aromatic rings. The van der Waals surface area contributed by atoms with E-state index in [1.54, 1.807) is 0 Å². The van der Waals surface area contributed by atoms with Crippen LogP contribution in [0.25, 0.3) is 0 Å². The van der Waals surface area contributed by atoms with E-state index in [9.17, 15) is 29.4 Å². The molecular weight excluding hydrogens is 434 g/mol. The number of fused-ring (bicyclic) bond motifs is 1. The Hall–Kier alpha value is -2.70. The number of benzene rings is 1. The van der Waals surface area contributed by atoms with E-state index in [-0.39, 0.29) is 23.0 Å². The molecule has 0 spiro atoms. The number of carbonyl (C=O) groups excluding carboxylic acids is 2. The number of aliphatic carboxylic acids is 2. The van der Waals surface area contributed by atoms with Crippen LogP contribution < -0.4 is 11.1 Å². The molecule has 3 atom stereocenters. The lowest BCUT2D eigenvalue weighted by Gasteiger charge is -2.49. The zero-order valence-corrected chi connectivity index (χ0v) is 17.1. The maximum Gasteiger partial charge on any atom is 0.352 e. The van der Waals surface area contributed by atoms with Crippen molar-refractivity contribution in [2.75, 3.05) is 17.3 Å². The van der Waals surface area contributed by atoms with Gasteiger partial charge in [0.25, 0.3) is 5.91 Å². The van der Waals surface area contributed by atoms with E-state index in [0.29, 0.717) is 16.9 Å². The fraction of sp³-hybridized carbons (Fsp3) is 0.333. The van der Waals surface area contributed by atoms with Crippen molar-refractivity contribution in [1.82, 2.24) is 10.2 Å². The van der Waals surface area contributed by atoms with Crippen LogP contribution in [-0.4, -0.2) is 72.6 Å². The summed E-state index contributed by atoms with van der Waals surface area (Å²) >= 11 is 2.35.